The Kier molecular flexibility index (Phi) is 3.54. The molecule has 0 bridgehead atoms. The van der Waals surface area contributed by atoms with E-state index < -0.39 is 5.54 Å². The summed E-state index contributed by atoms with van der Waals surface area (Å²) in [5.74, 6) is 0. The SMILES string of the molecule is [CH2]C([CH2])(C)NCc1cc2c3ccccc3ccc2c2ccccc12. The van der Waals surface area contributed by atoms with E-state index in [1.54, 1.807) is 0 Å². The van der Waals surface area contributed by atoms with E-state index in [0.29, 0.717) is 0 Å². The van der Waals surface area contributed by atoms with E-state index in [1.165, 1.54) is 37.9 Å². The third-order valence-corrected chi connectivity index (χ3v) is 4.56. The van der Waals surface area contributed by atoms with E-state index in [9.17, 15) is 0 Å². The lowest BCUT2D eigenvalue weighted by Crippen LogP contribution is -2.35. The van der Waals surface area contributed by atoms with Gasteiger partial charge in [0.15, 0.2) is 0 Å². The van der Waals surface area contributed by atoms with Crippen molar-refractivity contribution in [2.75, 3.05) is 0 Å². The van der Waals surface area contributed by atoms with E-state index in [4.69, 9.17) is 0 Å². The van der Waals surface area contributed by atoms with Gasteiger partial charge in [-0.1, -0.05) is 60.7 Å². The molecule has 0 amide bonds. The van der Waals surface area contributed by atoms with E-state index in [2.05, 4.69) is 85.9 Å². The minimum atomic E-state index is -0.394. The highest BCUT2D eigenvalue weighted by Crippen LogP contribution is 2.33. The Labute approximate surface area is 143 Å². The Morgan fingerprint density at radius 1 is 0.750 bits per heavy atom. The first-order valence-electron chi connectivity index (χ1n) is 8.31. The van der Waals surface area contributed by atoms with Crippen LogP contribution < -0.4 is 5.32 Å². The van der Waals surface area contributed by atoms with Crippen LogP contribution in [0.5, 0.6) is 0 Å². The van der Waals surface area contributed by atoms with Gasteiger partial charge in [0.25, 0.3) is 0 Å². The first-order chi connectivity index (χ1) is 11.5. The Balaban J connectivity index is 2.04. The Morgan fingerprint density at radius 2 is 1.38 bits per heavy atom. The molecule has 0 saturated heterocycles. The lowest BCUT2D eigenvalue weighted by Gasteiger charge is -2.21. The maximum Gasteiger partial charge on any atom is 0.0216 e. The number of nitrogens with one attached hydrogen (secondary N) is 1. The van der Waals surface area contributed by atoms with Crippen molar-refractivity contribution >= 4 is 32.3 Å². The monoisotopic (exact) mass is 311 g/mol. The maximum absolute atomic E-state index is 4.06. The minimum Gasteiger partial charge on any atom is -0.307 e. The number of hydrogen-bond donors (Lipinski definition) is 1. The highest BCUT2D eigenvalue weighted by molar-refractivity contribution is 6.18. The molecule has 118 valence electrons. The lowest BCUT2D eigenvalue weighted by atomic mass is 9.93. The third-order valence-electron chi connectivity index (χ3n) is 4.56. The highest BCUT2D eigenvalue weighted by Gasteiger charge is 2.12. The molecule has 0 unspecified atom stereocenters. The molecule has 0 heterocycles. The van der Waals surface area contributed by atoms with Crippen LogP contribution in [0.4, 0.5) is 0 Å². The molecule has 0 fully saturated rings. The standard InChI is InChI=1S/C23H21N/c1-23(2,3)24-15-17-14-22-18-9-5-4-8-16(18)12-13-21(22)20-11-7-6-10-19(17)20/h4-14,24H,1-2,15H2,3H3. The topological polar surface area (TPSA) is 12.0 Å². The maximum atomic E-state index is 4.06. The summed E-state index contributed by atoms with van der Waals surface area (Å²) in [6.45, 7) is 10.9. The molecule has 2 radical (unpaired) electrons. The third kappa shape index (κ3) is 2.65. The molecule has 0 atom stereocenters. The van der Waals surface area contributed by atoms with Crippen LogP contribution in [-0.2, 0) is 6.54 Å². The summed E-state index contributed by atoms with van der Waals surface area (Å²) in [6, 6.07) is 24.0. The summed E-state index contributed by atoms with van der Waals surface area (Å²) >= 11 is 0. The molecule has 4 aromatic carbocycles. The van der Waals surface area contributed by atoms with Crippen LogP contribution in [0.3, 0.4) is 0 Å². The zero-order valence-corrected chi connectivity index (χ0v) is 14.0. The van der Waals surface area contributed by atoms with Crippen molar-refractivity contribution in [2.45, 2.75) is 19.0 Å². The van der Waals surface area contributed by atoms with Crippen LogP contribution in [0, 0.1) is 13.8 Å². The molecule has 0 aliphatic heterocycles. The normalized spacial score (nSPS) is 12.3. The first kappa shape index (κ1) is 15.2. The molecule has 0 spiro atoms. The molecule has 1 N–H and O–H groups in total. The van der Waals surface area contributed by atoms with Gasteiger partial charge in [0.05, 0.1) is 0 Å². The molecule has 4 rings (SSSR count). The predicted octanol–water partition coefficient (Wildman–Crippen LogP) is 5.66. The van der Waals surface area contributed by atoms with E-state index in [1.807, 2.05) is 6.92 Å². The summed E-state index contributed by atoms with van der Waals surface area (Å²) < 4.78 is 0. The van der Waals surface area contributed by atoms with Crippen LogP contribution in [0.2, 0.25) is 0 Å². The largest absolute Gasteiger partial charge is 0.307 e. The van der Waals surface area contributed by atoms with Gasteiger partial charge in [-0.25, -0.2) is 0 Å². The fourth-order valence-corrected chi connectivity index (χ4v) is 3.39. The van der Waals surface area contributed by atoms with Gasteiger partial charge in [-0.2, -0.15) is 0 Å². The fourth-order valence-electron chi connectivity index (χ4n) is 3.39. The summed E-state index contributed by atoms with van der Waals surface area (Å²) in [6.07, 6.45) is 0. The average molecular weight is 311 g/mol. The van der Waals surface area contributed by atoms with Crippen molar-refractivity contribution in [3.8, 4) is 0 Å². The van der Waals surface area contributed by atoms with Crippen LogP contribution >= 0.6 is 0 Å². The molecule has 4 aromatic rings. The van der Waals surface area contributed by atoms with Crippen molar-refractivity contribution in [1.82, 2.24) is 5.32 Å². The quantitative estimate of drug-likeness (QED) is 0.481. The van der Waals surface area contributed by atoms with Crippen LogP contribution in [0.1, 0.15) is 12.5 Å². The summed E-state index contributed by atoms with van der Waals surface area (Å²) in [7, 11) is 0. The van der Waals surface area contributed by atoms with Crippen molar-refractivity contribution in [2.24, 2.45) is 0 Å². The summed E-state index contributed by atoms with van der Waals surface area (Å²) in [5.41, 5.74) is 0.891. The number of benzene rings is 4. The molecule has 1 heteroatoms. The van der Waals surface area contributed by atoms with Gasteiger partial charge < -0.3 is 5.32 Å². The second-order valence-electron chi connectivity index (χ2n) is 6.88. The molecule has 0 aliphatic rings. The fraction of sp³-hybridized carbons (Fsp3) is 0.130. The summed E-state index contributed by atoms with van der Waals surface area (Å²) in [4.78, 5) is 0. The van der Waals surface area contributed by atoms with Gasteiger partial charge in [-0.05, 0) is 64.7 Å². The van der Waals surface area contributed by atoms with Gasteiger partial charge in [-0.15, -0.1) is 0 Å². The Hall–Kier alpha value is -2.38. The van der Waals surface area contributed by atoms with Gasteiger partial charge in [0, 0.05) is 12.1 Å². The van der Waals surface area contributed by atoms with E-state index in [0.717, 1.165) is 6.54 Å². The molecule has 0 aromatic heterocycles. The van der Waals surface area contributed by atoms with E-state index >= 15 is 0 Å². The predicted molar refractivity (Wildman–Crippen MR) is 105 cm³/mol. The second kappa shape index (κ2) is 5.61. The van der Waals surface area contributed by atoms with Crippen LogP contribution in [0.25, 0.3) is 32.3 Å². The van der Waals surface area contributed by atoms with Crippen LogP contribution in [0.15, 0.2) is 66.7 Å². The van der Waals surface area contributed by atoms with Crippen molar-refractivity contribution in [3.05, 3.63) is 86.1 Å². The molecule has 24 heavy (non-hydrogen) atoms. The van der Waals surface area contributed by atoms with Crippen molar-refractivity contribution in [3.63, 3.8) is 0 Å². The van der Waals surface area contributed by atoms with Gasteiger partial charge in [-0.3, -0.25) is 0 Å². The van der Waals surface area contributed by atoms with Crippen molar-refractivity contribution in [1.29, 1.82) is 0 Å². The van der Waals surface area contributed by atoms with Gasteiger partial charge in [0.1, 0.15) is 0 Å². The van der Waals surface area contributed by atoms with E-state index in [-0.39, 0.29) is 0 Å². The first-order valence-corrected chi connectivity index (χ1v) is 8.31. The Morgan fingerprint density at radius 3 is 2.12 bits per heavy atom. The zero-order chi connectivity index (χ0) is 16.7. The molecule has 0 saturated carbocycles. The lowest BCUT2D eigenvalue weighted by molar-refractivity contribution is 0.518. The second-order valence-corrected chi connectivity index (χ2v) is 6.88. The van der Waals surface area contributed by atoms with Crippen molar-refractivity contribution < 1.29 is 0 Å². The number of rotatable bonds is 3. The van der Waals surface area contributed by atoms with Crippen LogP contribution in [-0.4, -0.2) is 5.54 Å². The van der Waals surface area contributed by atoms with Gasteiger partial charge >= 0.3 is 0 Å². The number of hydrogen-bond acceptors (Lipinski definition) is 1. The smallest absolute Gasteiger partial charge is 0.0216 e. The Bertz CT molecular complexity index is 1040. The average Bonchev–Trinajstić information content (AvgIpc) is 2.58. The molecular weight excluding hydrogens is 290 g/mol. The molecular formula is C23H21N. The zero-order valence-electron chi connectivity index (χ0n) is 14.0. The summed E-state index contributed by atoms with van der Waals surface area (Å²) in [5, 5.41) is 11.2. The minimum absolute atomic E-state index is 0.394. The molecule has 0 aliphatic carbocycles. The highest BCUT2D eigenvalue weighted by atomic mass is 14.9. The molecule has 1 nitrogen and oxygen atoms in total. The van der Waals surface area contributed by atoms with Gasteiger partial charge in [0.2, 0.25) is 0 Å². The number of fused-ring (bicyclic) bond motifs is 5.